The Hall–Kier alpha value is -2.17. The van der Waals surface area contributed by atoms with E-state index in [-0.39, 0.29) is 36.2 Å². The first-order chi connectivity index (χ1) is 28.6. The third kappa shape index (κ3) is 18.1. The minimum Gasteiger partial charge on any atom is -0.427 e. The van der Waals surface area contributed by atoms with E-state index in [1.54, 1.807) is 13.8 Å². The summed E-state index contributed by atoms with van der Waals surface area (Å²) < 4.78 is 185. The molecule has 2 aromatic carbocycles. The summed E-state index contributed by atoms with van der Waals surface area (Å²) in [6, 6.07) is 4.18. The lowest BCUT2D eigenvalue weighted by atomic mass is 9.77. The first-order valence-electron chi connectivity index (χ1n) is 20.9. The number of benzene rings is 2. The zero-order valence-electron chi connectivity index (χ0n) is 35.0. The quantitative estimate of drug-likeness (QED) is 0.0573. The van der Waals surface area contributed by atoms with Crippen molar-refractivity contribution >= 4 is 23.8 Å². The molecule has 0 spiro atoms. The highest BCUT2D eigenvalue weighted by atomic mass is 79.9. The van der Waals surface area contributed by atoms with E-state index in [2.05, 4.69) is 32.4 Å². The van der Waals surface area contributed by atoms with Gasteiger partial charge < -0.3 is 9.47 Å². The Bertz CT molecular complexity index is 1620. The molecule has 0 atom stereocenters. The van der Waals surface area contributed by atoms with Gasteiger partial charge >= 0.3 is 25.0 Å². The molecule has 0 bridgehead atoms. The summed E-state index contributed by atoms with van der Waals surface area (Å²) in [4.78, 5) is -4.71. The molecule has 0 N–H and O–H groups in total. The molecule has 5 nitrogen and oxygen atoms in total. The van der Waals surface area contributed by atoms with Crippen molar-refractivity contribution in [3.05, 3.63) is 58.7 Å². The number of halogens is 13. The maximum Gasteiger partial charge on any atom is 0.513 e. The number of hydrogen-bond acceptors (Lipinski definition) is 5. The fourth-order valence-electron chi connectivity index (χ4n) is 7.50. The van der Waals surface area contributed by atoms with Crippen LogP contribution in [0.15, 0.2) is 24.3 Å². The van der Waals surface area contributed by atoms with E-state index in [1.807, 2.05) is 0 Å². The van der Waals surface area contributed by atoms with Gasteiger partial charge in [0.05, 0.1) is 13.2 Å². The van der Waals surface area contributed by atoms with Gasteiger partial charge in [0.15, 0.2) is 29.8 Å². The van der Waals surface area contributed by atoms with Crippen LogP contribution < -0.4 is 9.47 Å². The lowest BCUT2D eigenvalue weighted by Gasteiger charge is -2.29. The van der Waals surface area contributed by atoms with Gasteiger partial charge in [-0.15, -0.1) is 4.20 Å². The van der Waals surface area contributed by atoms with Gasteiger partial charge in [-0.1, -0.05) is 77.3 Å². The van der Waals surface area contributed by atoms with Crippen molar-refractivity contribution in [2.45, 2.75) is 159 Å². The molecule has 2 aliphatic rings. The van der Waals surface area contributed by atoms with Gasteiger partial charge in [0.2, 0.25) is 11.6 Å². The number of ether oxygens (including phenoxy) is 2. The summed E-state index contributed by atoms with van der Waals surface area (Å²) in [5.74, 6) is -6.96. The molecule has 61 heavy (non-hydrogen) atoms. The van der Waals surface area contributed by atoms with Gasteiger partial charge in [-0.2, -0.15) is 35.1 Å². The normalized spacial score (nSPS) is 20.0. The molecular formula is C42H58BrF12O5P. The lowest BCUT2D eigenvalue weighted by Crippen LogP contribution is -2.40. The van der Waals surface area contributed by atoms with Gasteiger partial charge in [-0.25, -0.2) is 17.7 Å². The molecule has 0 unspecified atom stereocenters. The zero-order valence-corrected chi connectivity index (χ0v) is 37.4. The largest absolute Gasteiger partial charge is 0.513 e. The average molecular weight is 982 g/mol. The van der Waals surface area contributed by atoms with E-state index < -0.39 is 66.4 Å². The summed E-state index contributed by atoms with van der Waals surface area (Å²) >= 11 is 1.48. The fourth-order valence-corrected chi connectivity index (χ4v) is 8.27. The molecule has 19 heteroatoms. The molecule has 2 aromatic rings. The van der Waals surface area contributed by atoms with Gasteiger partial charge in [-0.05, 0) is 112 Å². The number of unbranched alkanes of at least 4 members (excludes halogenated alkanes) is 4. The Morgan fingerprint density at radius 3 is 1.31 bits per heavy atom. The summed E-state index contributed by atoms with van der Waals surface area (Å²) in [7, 11) is -4.19. The predicted molar refractivity (Wildman–Crippen MR) is 213 cm³/mol. The van der Waals surface area contributed by atoms with Crippen LogP contribution in [-0.4, -0.2) is 36.9 Å². The molecule has 4 rings (SSSR count). The Morgan fingerprint density at radius 2 is 0.984 bits per heavy atom. The summed E-state index contributed by atoms with van der Waals surface area (Å²) in [5.41, 5.74) is 0.279. The van der Waals surface area contributed by atoms with Crippen molar-refractivity contribution in [3.8, 4) is 11.5 Å². The van der Waals surface area contributed by atoms with Crippen LogP contribution >= 0.6 is 23.8 Å². The molecule has 2 aliphatic carbocycles. The predicted octanol–water partition coefficient (Wildman–Crippen LogP) is 16.7. The first-order valence-corrected chi connectivity index (χ1v) is 23.1. The van der Waals surface area contributed by atoms with Crippen LogP contribution in [0.2, 0.25) is 0 Å². The third-order valence-electron chi connectivity index (χ3n) is 10.7. The molecule has 352 valence electrons. The average Bonchev–Trinajstić information content (AvgIpc) is 3.19. The second-order valence-corrected chi connectivity index (χ2v) is 17.6. The van der Waals surface area contributed by atoms with Crippen molar-refractivity contribution < 1.29 is 75.6 Å². The van der Waals surface area contributed by atoms with E-state index in [9.17, 15) is 57.1 Å². The second kappa shape index (κ2) is 26.0. The minimum atomic E-state index is -5.02. The van der Waals surface area contributed by atoms with Crippen LogP contribution in [0.5, 0.6) is 11.5 Å². The Morgan fingerprint density at radius 1 is 0.607 bits per heavy atom. The summed E-state index contributed by atoms with van der Waals surface area (Å²) in [6.07, 6.45) is 6.82. The van der Waals surface area contributed by atoms with Crippen LogP contribution in [-0.2, 0) is 13.6 Å². The van der Waals surface area contributed by atoms with Crippen LogP contribution in [0, 0.1) is 35.1 Å². The summed E-state index contributed by atoms with van der Waals surface area (Å²) in [5, 5.41) is 0. The Labute approximate surface area is 359 Å². The van der Waals surface area contributed by atoms with Gasteiger partial charge in [0.1, 0.15) is 0 Å². The highest BCUT2D eigenvalue weighted by Crippen LogP contribution is 2.49. The molecule has 0 saturated heterocycles. The topological polar surface area (TPSA) is 54.0 Å². The highest BCUT2D eigenvalue weighted by Gasteiger charge is 2.58. The number of hydrogen-bond donors (Lipinski definition) is 0. The van der Waals surface area contributed by atoms with Crippen LogP contribution in [0.3, 0.4) is 0 Å². The third-order valence-corrected chi connectivity index (χ3v) is 12.3. The Balaban J connectivity index is 0.000000351. The number of rotatable bonds is 20. The van der Waals surface area contributed by atoms with Gasteiger partial charge in [0, 0.05) is 15.9 Å². The second-order valence-electron chi connectivity index (χ2n) is 15.2. The van der Waals surface area contributed by atoms with E-state index in [0.29, 0.717) is 24.7 Å². The molecule has 2 saturated carbocycles. The molecule has 0 amide bonds. The van der Waals surface area contributed by atoms with Gasteiger partial charge in [-0.3, -0.25) is 9.05 Å². The first kappa shape index (κ1) is 55.0. The van der Waals surface area contributed by atoms with Crippen LogP contribution in [0.4, 0.5) is 52.5 Å². The maximum absolute atomic E-state index is 14.4. The molecular weight excluding hydrogens is 923 g/mol. The van der Waals surface area contributed by atoms with Crippen molar-refractivity contribution in [2.24, 2.45) is 11.8 Å². The number of alkyl halides is 8. The maximum atomic E-state index is 14.4. The van der Waals surface area contributed by atoms with Crippen LogP contribution in [0.25, 0.3) is 0 Å². The SMILES string of the molecule is CCCCCC1CCC(c2ccc(OC(F)(F)C(F)(F)Br)c(F)c2F)CC1.CCCCCC1CCC(c2ccc(OC(F)(F)CF)c(F)c2F)CC1.CCOP(=O)(F)OCC. The fraction of sp³-hybridized carbons (Fsp3) is 0.714. The van der Waals surface area contributed by atoms with Crippen molar-refractivity contribution in [3.63, 3.8) is 0 Å². The lowest BCUT2D eigenvalue weighted by molar-refractivity contribution is -0.267. The monoisotopic (exact) mass is 980 g/mol. The van der Waals surface area contributed by atoms with Crippen LogP contribution in [0.1, 0.15) is 153 Å². The zero-order chi connectivity index (χ0) is 46.0. The Kier molecular flexibility index (Phi) is 23.4. The van der Waals surface area contributed by atoms with E-state index >= 15 is 0 Å². The smallest absolute Gasteiger partial charge is 0.427 e. The van der Waals surface area contributed by atoms with Crippen molar-refractivity contribution in [1.82, 2.24) is 0 Å². The standard InChI is InChI=1S/C19H23BrF6O.C19H25F5O.C4H10FO3P/c1-2-3-4-5-12-6-8-13(9-7-12)14-10-11-15(17(22)16(14)21)27-19(25,26)18(20,23)24;1-2-3-4-5-13-6-8-14(9-7-13)15-10-11-16(18(22)17(15)21)25-19(23,24)12-20;1-3-7-9(5,6)8-4-2/h10-13H,2-9H2,1H3;10-11,13-14H,2-9,12H2,1H3;3-4H2,1-2H3. The van der Waals surface area contributed by atoms with E-state index in [1.165, 1.54) is 54.1 Å². The van der Waals surface area contributed by atoms with Gasteiger partial charge in [0.25, 0.3) is 0 Å². The van der Waals surface area contributed by atoms with Crippen molar-refractivity contribution in [1.29, 1.82) is 0 Å². The molecule has 0 aliphatic heterocycles. The van der Waals surface area contributed by atoms with Crippen molar-refractivity contribution in [2.75, 3.05) is 19.9 Å². The molecule has 0 radical (unpaired) electrons. The molecule has 0 aromatic heterocycles. The molecule has 0 heterocycles. The molecule has 2 fully saturated rings. The minimum absolute atomic E-state index is 0.0633. The summed E-state index contributed by atoms with van der Waals surface area (Å²) in [6.45, 7) is 5.41. The van der Waals surface area contributed by atoms with E-state index in [0.717, 1.165) is 76.0 Å². The van der Waals surface area contributed by atoms with E-state index in [4.69, 9.17) is 0 Å². The highest BCUT2D eigenvalue weighted by molar-refractivity contribution is 9.10.